The minimum absolute atomic E-state index is 0.0289. The lowest BCUT2D eigenvalue weighted by molar-refractivity contribution is -0.122. The van der Waals surface area contributed by atoms with Crippen molar-refractivity contribution < 1.29 is 14.0 Å². The summed E-state index contributed by atoms with van der Waals surface area (Å²) < 4.78 is 13.7. The van der Waals surface area contributed by atoms with Gasteiger partial charge in [0, 0.05) is 17.3 Å². The molecule has 1 aliphatic heterocycles. The second-order valence-electron chi connectivity index (χ2n) is 6.53. The highest BCUT2D eigenvalue weighted by atomic mass is 35.5. The number of hydrogen-bond donors (Lipinski definition) is 3. The monoisotopic (exact) mass is 390 g/mol. The number of nitrogens with two attached hydrogens (primary N) is 2. The van der Waals surface area contributed by atoms with Gasteiger partial charge in [0.25, 0.3) is 5.91 Å². The van der Waals surface area contributed by atoms with Crippen LogP contribution in [0.1, 0.15) is 28.8 Å². The first-order chi connectivity index (χ1) is 12.8. The summed E-state index contributed by atoms with van der Waals surface area (Å²) in [5, 5.41) is 2.79. The predicted octanol–water partition coefficient (Wildman–Crippen LogP) is 2.76. The number of likely N-dealkylation sites (tertiary alicyclic amines) is 1. The molecule has 2 aromatic carbocycles. The van der Waals surface area contributed by atoms with E-state index < -0.39 is 11.7 Å². The Labute approximate surface area is 161 Å². The van der Waals surface area contributed by atoms with E-state index in [-0.39, 0.29) is 28.2 Å². The summed E-state index contributed by atoms with van der Waals surface area (Å²) in [7, 11) is 0. The summed E-state index contributed by atoms with van der Waals surface area (Å²) >= 11 is 5.81. The SMILES string of the molecule is NC(=O)[C@H]1CCCN1Cc1cccc(NC(=O)c2cc(Cl)cc(F)c2N)c1. The molecular weight excluding hydrogens is 371 g/mol. The Hall–Kier alpha value is -2.64. The highest BCUT2D eigenvalue weighted by Gasteiger charge is 2.28. The van der Waals surface area contributed by atoms with Gasteiger partial charge in [-0.2, -0.15) is 0 Å². The molecule has 1 aliphatic rings. The van der Waals surface area contributed by atoms with Crippen molar-refractivity contribution in [1.29, 1.82) is 0 Å². The van der Waals surface area contributed by atoms with Gasteiger partial charge in [-0.05, 0) is 49.2 Å². The second-order valence-corrected chi connectivity index (χ2v) is 6.97. The third-order valence-corrected chi connectivity index (χ3v) is 4.82. The molecule has 142 valence electrons. The van der Waals surface area contributed by atoms with E-state index in [2.05, 4.69) is 5.32 Å². The van der Waals surface area contributed by atoms with Gasteiger partial charge >= 0.3 is 0 Å². The third kappa shape index (κ3) is 4.37. The van der Waals surface area contributed by atoms with Gasteiger partial charge in [0.1, 0.15) is 5.82 Å². The smallest absolute Gasteiger partial charge is 0.257 e. The average molecular weight is 391 g/mol. The van der Waals surface area contributed by atoms with Crippen molar-refractivity contribution >= 4 is 34.8 Å². The molecular formula is C19H20ClFN4O2. The number of nitrogen functional groups attached to an aromatic ring is 1. The zero-order valence-electron chi connectivity index (χ0n) is 14.5. The molecule has 5 N–H and O–H groups in total. The van der Waals surface area contributed by atoms with Crippen molar-refractivity contribution in [1.82, 2.24) is 4.90 Å². The summed E-state index contributed by atoms with van der Waals surface area (Å²) in [6, 6.07) is 9.32. The van der Waals surface area contributed by atoms with Crippen molar-refractivity contribution in [3.05, 3.63) is 58.4 Å². The second kappa shape index (κ2) is 7.94. The molecule has 0 aliphatic carbocycles. The van der Waals surface area contributed by atoms with E-state index in [4.69, 9.17) is 23.1 Å². The standard InChI is InChI=1S/C19H20ClFN4O2/c20-12-8-14(17(22)15(21)9-12)19(27)24-13-4-1-3-11(7-13)10-25-6-2-5-16(25)18(23)26/h1,3-4,7-9,16H,2,5-6,10,22H2,(H2,23,26)(H,24,27)/t16-/m1/s1. The maximum absolute atomic E-state index is 13.7. The van der Waals surface area contributed by atoms with Crippen LogP contribution in [-0.2, 0) is 11.3 Å². The molecule has 8 heteroatoms. The van der Waals surface area contributed by atoms with Gasteiger partial charge in [-0.3, -0.25) is 14.5 Å². The zero-order valence-corrected chi connectivity index (χ0v) is 15.3. The van der Waals surface area contributed by atoms with Crippen molar-refractivity contribution in [2.75, 3.05) is 17.6 Å². The summed E-state index contributed by atoms with van der Waals surface area (Å²) in [5.74, 6) is -1.62. The number of amides is 2. The molecule has 0 spiro atoms. The van der Waals surface area contributed by atoms with E-state index in [1.165, 1.54) is 6.07 Å². The van der Waals surface area contributed by atoms with Crippen LogP contribution in [0.2, 0.25) is 5.02 Å². The molecule has 0 aromatic heterocycles. The number of hydrogen-bond acceptors (Lipinski definition) is 4. The fourth-order valence-corrected chi connectivity index (χ4v) is 3.50. The predicted molar refractivity (Wildman–Crippen MR) is 103 cm³/mol. The van der Waals surface area contributed by atoms with E-state index in [0.717, 1.165) is 31.0 Å². The number of carbonyl (C=O) groups excluding carboxylic acids is 2. The Morgan fingerprint density at radius 3 is 2.81 bits per heavy atom. The summed E-state index contributed by atoms with van der Waals surface area (Å²) in [5.41, 5.74) is 12.3. The number of rotatable bonds is 5. The first-order valence-corrected chi connectivity index (χ1v) is 8.91. The molecule has 1 atom stereocenters. The topological polar surface area (TPSA) is 101 Å². The lowest BCUT2D eigenvalue weighted by Crippen LogP contribution is -2.39. The highest BCUT2D eigenvalue weighted by molar-refractivity contribution is 6.31. The van der Waals surface area contributed by atoms with Gasteiger partial charge in [0.2, 0.25) is 5.91 Å². The quantitative estimate of drug-likeness (QED) is 0.683. The molecule has 1 heterocycles. The average Bonchev–Trinajstić information content (AvgIpc) is 3.06. The van der Waals surface area contributed by atoms with Crippen molar-refractivity contribution in [2.45, 2.75) is 25.4 Å². The number of primary amides is 1. The molecule has 3 rings (SSSR count). The largest absolute Gasteiger partial charge is 0.396 e. The molecule has 2 aromatic rings. The highest BCUT2D eigenvalue weighted by Crippen LogP contribution is 2.24. The fourth-order valence-electron chi connectivity index (χ4n) is 3.29. The summed E-state index contributed by atoms with van der Waals surface area (Å²) in [6.07, 6.45) is 1.68. The Morgan fingerprint density at radius 1 is 1.30 bits per heavy atom. The molecule has 1 saturated heterocycles. The fraction of sp³-hybridized carbons (Fsp3) is 0.263. The van der Waals surface area contributed by atoms with Crippen molar-refractivity contribution in [2.24, 2.45) is 5.73 Å². The number of anilines is 2. The van der Waals surface area contributed by atoms with Gasteiger partial charge < -0.3 is 16.8 Å². The molecule has 27 heavy (non-hydrogen) atoms. The van der Waals surface area contributed by atoms with E-state index in [0.29, 0.717) is 12.2 Å². The molecule has 0 saturated carbocycles. The van der Waals surface area contributed by atoms with Crippen LogP contribution < -0.4 is 16.8 Å². The van der Waals surface area contributed by atoms with Crippen LogP contribution in [0.15, 0.2) is 36.4 Å². The van der Waals surface area contributed by atoms with Gasteiger partial charge in [0.05, 0.1) is 17.3 Å². The van der Waals surface area contributed by atoms with Crippen LogP contribution in [0.25, 0.3) is 0 Å². The van der Waals surface area contributed by atoms with E-state index >= 15 is 0 Å². The van der Waals surface area contributed by atoms with E-state index in [9.17, 15) is 14.0 Å². The van der Waals surface area contributed by atoms with Crippen LogP contribution in [-0.4, -0.2) is 29.3 Å². The van der Waals surface area contributed by atoms with Gasteiger partial charge in [0.15, 0.2) is 0 Å². The van der Waals surface area contributed by atoms with Gasteiger partial charge in [-0.1, -0.05) is 23.7 Å². The van der Waals surface area contributed by atoms with Crippen molar-refractivity contribution in [3.63, 3.8) is 0 Å². The van der Waals surface area contributed by atoms with E-state index in [1.807, 2.05) is 11.0 Å². The van der Waals surface area contributed by atoms with Crippen LogP contribution in [0.4, 0.5) is 15.8 Å². The van der Waals surface area contributed by atoms with Gasteiger partial charge in [-0.25, -0.2) is 4.39 Å². The first-order valence-electron chi connectivity index (χ1n) is 8.53. The lowest BCUT2D eigenvalue weighted by atomic mass is 10.1. The number of benzene rings is 2. The Balaban J connectivity index is 1.74. The number of nitrogens with zero attached hydrogens (tertiary/aromatic N) is 1. The summed E-state index contributed by atoms with van der Waals surface area (Å²) in [4.78, 5) is 26.0. The Morgan fingerprint density at radius 2 is 2.07 bits per heavy atom. The maximum Gasteiger partial charge on any atom is 0.257 e. The Kier molecular flexibility index (Phi) is 5.62. The normalized spacial score (nSPS) is 17.0. The number of carbonyl (C=O) groups is 2. The van der Waals surface area contributed by atoms with Crippen LogP contribution in [0.5, 0.6) is 0 Å². The number of halogens is 2. The molecule has 2 amide bonds. The molecule has 6 nitrogen and oxygen atoms in total. The maximum atomic E-state index is 13.7. The van der Waals surface area contributed by atoms with Crippen LogP contribution in [0, 0.1) is 5.82 Å². The summed E-state index contributed by atoms with van der Waals surface area (Å²) in [6.45, 7) is 1.34. The molecule has 0 bridgehead atoms. The van der Waals surface area contributed by atoms with Crippen molar-refractivity contribution in [3.8, 4) is 0 Å². The molecule has 1 fully saturated rings. The minimum atomic E-state index is -0.743. The molecule has 0 unspecified atom stereocenters. The van der Waals surface area contributed by atoms with E-state index in [1.54, 1.807) is 18.2 Å². The van der Waals surface area contributed by atoms with Crippen LogP contribution >= 0.6 is 11.6 Å². The number of nitrogens with one attached hydrogen (secondary N) is 1. The van der Waals surface area contributed by atoms with Crippen LogP contribution in [0.3, 0.4) is 0 Å². The van der Waals surface area contributed by atoms with Gasteiger partial charge in [-0.15, -0.1) is 0 Å². The first kappa shape index (κ1) is 19.1. The lowest BCUT2D eigenvalue weighted by Gasteiger charge is -2.22. The minimum Gasteiger partial charge on any atom is -0.396 e. The Bertz CT molecular complexity index is 890. The molecule has 0 radical (unpaired) electrons. The zero-order chi connectivity index (χ0) is 19.6. The third-order valence-electron chi connectivity index (χ3n) is 4.60.